The minimum atomic E-state index is -0.341. The van der Waals surface area contributed by atoms with Crippen molar-refractivity contribution in [1.29, 1.82) is 0 Å². The fourth-order valence-electron chi connectivity index (χ4n) is 1.94. The van der Waals surface area contributed by atoms with Crippen molar-refractivity contribution in [3.05, 3.63) is 64.5 Å². The summed E-state index contributed by atoms with van der Waals surface area (Å²) < 4.78 is 2.77. The van der Waals surface area contributed by atoms with Gasteiger partial charge in [-0.3, -0.25) is 9.20 Å². The lowest BCUT2D eigenvalue weighted by molar-refractivity contribution is 0.100. The average Bonchev–Trinajstić information content (AvgIpc) is 2.87. The van der Waals surface area contributed by atoms with Gasteiger partial charge in [-0.15, -0.1) is 0 Å². The van der Waals surface area contributed by atoms with E-state index < -0.39 is 0 Å². The van der Waals surface area contributed by atoms with Crippen molar-refractivity contribution in [1.82, 2.24) is 9.38 Å². The van der Waals surface area contributed by atoms with Crippen molar-refractivity contribution in [3.63, 3.8) is 0 Å². The van der Waals surface area contributed by atoms with E-state index in [1.54, 1.807) is 30.5 Å². The van der Waals surface area contributed by atoms with E-state index >= 15 is 0 Å². The summed E-state index contributed by atoms with van der Waals surface area (Å²) in [5, 5.41) is 0. The first-order valence-corrected chi connectivity index (χ1v) is 6.99. The number of hydrogen-bond donors (Lipinski definition) is 1. The summed E-state index contributed by atoms with van der Waals surface area (Å²) in [4.78, 5) is 20.2. The number of fused-ring (bicyclic) bond motifs is 1. The number of carbonyl (C=O) groups excluding carboxylic acids is 1. The van der Waals surface area contributed by atoms with Gasteiger partial charge in [0, 0.05) is 21.9 Å². The molecule has 0 aliphatic carbocycles. The standard InChI is InChI=1S/C15H11BrN4O/c16-11-4-5-14-18-7-13(20(14)9-11)8-19-15(21)10-2-1-3-12(17)6-10/h1-9H,17H2. The van der Waals surface area contributed by atoms with Crippen LogP contribution in [0, 0.1) is 0 Å². The van der Waals surface area contributed by atoms with Gasteiger partial charge in [-0.25, -0.2) is 9.98 Å². The van der Waals surface area contributed by atoms with Gasteiger partial charge in [0.25, 0.3) is 5.91 Å². The molecular weight excluding hydrogens is 332 g/mol. The van der Waals surface area contributed by atoms with Crippen molar-refractivity contribution >= 4 is 39.4 Å². The molecule has 21 heavy (non-hydrogen) atoms. The highest BCUT2D eigenvalue weighted by atomic mass is 79.9. The minimum Gasteiger partial charge on any atom is -0.399 e. The van der Waals surface area contributed by atoms with E-state index in [2.05, 4.69) is 25.9 Å². The number of aromatic nitrogens is 2. The predicted molar refractivity (Wildman–Crippen MR) is 85.7 cm³/mol. The highest BCUT2D eigenvalue weighted by Gasteiger charge is 2.05. The molecule has 2 aromatic heterocycles. The Kier molecular flexibility index (Phi) is 3.53. The second kappa shape index (κ2) is 5.49. The number of hydrogen-bond acceptors (Lipinski definition) is 3. The zero-order valence-electron chi connectivity index (χ0n) is 10.9. The highest BCUT2D eigenvalue weighted by molar-refractivity contribution is 9.10. The van der Waals surface area contributed by atoms with Crippen molar-refractivity contribution < 1.29 is 4.79 Å². The lowest BCUT2D eigenvalue weighted by Crippen LogP contribution is -1.98. The number of halogens is 1. The lowest BCUT2D eigenvalue weighted by atomic mass is 10.2. The van der Waals surface area contributed by atoms with Crippen LogP contribution >= 0.6 is 15.9 Å². The van der Waals surface area contributed by atoms with Gasteiger partial charge < -0.3 is 5.73 Å². The van der Waals surface area contributed by atoms with E-state index in [-0.39, 0.29) is 5.91 Å². The fraction of sp³-hybridized carbons (Fsp3) is 0. The van der Waals surface area contributed by atoms with Crippen LogP contribution in [0.3, 0.4) is 0 Å². The molecule has 104 valence electrons. The second-order valence-electron chi connectivity index (χ2n) is 4.45. The third kappa shape index (κ3) is 2.85. The van der Waals surface area contributed by atoms with Crippen LogP contribution in [0.4, 0.5) is 5.69 Å². The molecule has 1 aromatic carbocycles. The van der Waals surface area contributed by atoms with Crippen molar-refractivity contribution in [2.24, 2.45) is 4.99 Å². The molecule has 0 aliphatic heterocycles. The van der Waals surface area contributed by atoms with Gasteiger partial charge in [-0.05, 0) is 46.3 Å². The first-order chi connectivity index (χ1) is 10.1. The number of nitrogens with zero attached hydrogens (tertiary/aromatic N) is 3. The summed E-state index contributed by atoms with van der Waals surface area (Å²) in [6, 6.07) is 10.5. The number of carbonyl (C=O) groups is 1. The van der Waals surface area contributed by atoms with Crippen LogP contribution in [0.1, 0.15) is 16.1 Å². The molecule has 0 radical (unpaired) electrons. The fourth-order valence-corrected chi connectivity index (χ4v) is 2.28. The number of rotatable bonds is 2. The molecule has 2 N–H and O–H groups in total. The predicted octanol–water partition coefficient (Wildman–Crippen LogP) is 2.94. The molecule has 0 unspecified atom stereocenters. The Bertz CT molecular complexity index is 854. The summed E-state index contributed by atoms with van der Waals surface area (Å²) in [7, 11) is 0. The molecule has 0 saturated heterocycles. The normalized spacial score (nSPS) is 11.3. The van der Waals surface area contributed by atoms with Crippen molar-refractivity contribution in [3.8, 4) is 0 Å². The molecule has 1 amide bonds. The Balaban J connectivity index is 1.91. The molecule has 3 rings (SSSR count). The maximum atomic E-state index is 12.0. The van der Waals surface area contributed by atoms with Crippen molar-refractivity contribution in [2.75, 3.05) is 5.73 Å². The van der Waals surface area contributed by atoms with Crippen LogP contribution < -0.4 is 5.73 Å². The summed E-state index contributed by atoms with van der Waals surface area (Å²) in [5.74, 6) is -0.341. The van der Waals surface area contributed by atoms with Crippen LogP contribution in [0.25, 0.3) is 5.65 Å². The maximum absolute atomic E-state index is 12.0. The number of aliphatic imine (C=N–C) groups is 1. The molecular formula is C15H11BrN4O. The topological polar surface area (TPSA) is 72.8 Å². The maximum Gasteiger partial charge on any atom is 0.277 e. The number of anilines is 1. The second-order valence-corrected chi connectivity index (χ2v) is 5.36. The van der Waals surface area contributed by atoms with Gasteiger partial charge in [-0.2, -0.15) is 0 Å². The molecule has 0 atom stereocenters. The van der Waals surface area contributed by atoms with Crippen molar-refractivity contribution in [2.45, 2.75) is 0 Å². The van der Waals surface area contributed by atoms with E-state index in [0.717, 1.165) is 15.8 Å². The average molecular weight is 343 g/mol. The molecule has 0 fully saturated rings. The van der Waals surface area contributed by atoms with E-state index in [1.165, 1.54) is 6.21 Å². The monoisotopic (exact) mass is 342 g/mol. The molecule has 6 heteroatoms. The summed E-state index contributed by atoms with van der Waals surface area (Å²) in [5.41, 5.74) is 8.16. The Labute approximate surface area is 129 Å². The van der Waals surface area contributed by atoms with Gasteiger partial charge in [0.15, 0.2) is 0 Å². The zero-order valence-corrected chi connectivity index (χ0v) is 12.5. The van der Waals surface area contributed by atoms with Crippen LogP contribution in [0.5, 0.6) is 0 Å². The first kappa shape index (κ1) is 13.5. The summed E-state index contributed by atoms with van der Waals surface area (Å²) >= 11 is 3.40. The lowest BCUT2D eigenvalue weighted by Gasteiger charge is -1.98. The van der Waals surface area contributed by atoms with E-state index in [4.69, 9.17) is 5.73 Å². The molecule has 0 spiro atoms. The number of amides is 1. The smallest absolute Gasteiger partial charge is 0.277 e. The Morgan fingerprint density at radius 3 is 3.00 bits per heavy atom. The quantitative estimate of drug-likeness (QED) is 0.574. The molecule has 0 bridgehead atoms. The molecule has 5 nitrogen and oxygen atoms in total. The van der Waals surface area contributed by atoms with E-state index in [9.17, 15) is 4.79 Å². The number of nitrogen functional groups attached to an aromatic ring is 1. The number of nitrogens with two attached hydrogens (primary N) is 1. The third-order valence-electron chi connectivity index (χ3n) is 2.95. The molecule has 0 aliphatic rings. The van der Waals surface area contributed by atoms with Gasteiger partial charge in [0.2, 0.25) is 0 Å². The van der Waals surface area contributed by atoms with Crippen LogP contribution in [0.15, 0.2) is 58.3 Å². The number of benzene rings is 1. The Morgan fingerprint density at radius 1 is 1.33 bits per heavy atom. The Hall–Kier alpha value is -2.47. The first-order valence-electron chi connectivity index (χ1n) is 6.20. The highest BCUT2D eigenvalue weighted by Crippen LogP contribution is 2.13. The van der Waals surface area contributed by atoms with E-state index in [1.807, 2.05) is 22.7 Å². The van der Waals surface area contributed by atoms with Gasteiger partial charge >= 0.3 is 0 Å². The Morgan fingerprint density at radius 2 is 2.19 bits per heavy atom. The summed E-state index contributed by atoms with van der Waals surface area (Å²) in [6.07, 6.45) is 5.03. The van der Waals surface area contributed by atoms with Crippen LogP contribution in [-0.4, -0.2) is 21.5 Å². The zero-order chi connectivity index (χ0) is 14.8. The van der Waals surface area contributed by atoms with Gasteiger partial charge in [0.05, 0.1) is 18.1 Å². The van der Waals surface area contributed by atoms with Gasteiger partial charge in [0.1, 0.15) is 5.65 Å². The third-order valence-corrected chi connectivity index (χ3v) is 3.41. The van der Waals surface area contributed by atoms with Gasteiger partial charge in [-0.1, -0.05) is 6.07 Å². The van der Waals surface area contributed by atoms with Crippen LogP contribution in [0.2, 0.25) is 0 Å². The molecule has 3 aromatic rings. The number of pyridine rings is 1. The number of imidazole rings is 1. The van der Waals surface area contributed by atoms with Crippen LogP contribution in [-0.2, 0) is 0 Å². The minimum absolute atomic E-state index is 0.341. The van der Waals surface area contributed by atoms with E-state index in [0.29, 0.717) is 11.3 Å². The SMILES string of the molecule is Nc1cccc(C(=O)N=Cc2cnc3ccc(Br)cn23)c1. The molecule has 2 heterocycles. The molecule has 0 saturated carbocycles. The largest absolute Gasteiger partial charge is 0.399 e. The summed E-state index contributed by atoms with van der Waals surface area (Å²) in [6.45, 7) is 0.